The molecule has 1 heterocycles. The number of aromatic nitrogens is 1. The lowest BCUT2D eigenvalue weighted by atomic mass is 10.1. The molecule has 152 valence electrons. The summed E-state index contributed by atoms with van der Waals surface area (Å²) in [7, 11) is 1.57. The number of hydrogen-bond donors (Lipinski definition) is 1. The molecule has 0 fully saturated rings. The van der Waals surface area contributed by atoms with Crippen LogP contribution in [0, 0.1) is 25.2 Å². The number of anilines is 1. The van der Waals surface area contributed by atoms with Gasteiger partial charge in [-0.1, -0.05) is 17.3 Å². The van der Waals surface area contributed by atoms with Gasteiger partial charge in [0.15, 0.2) is 0 Å². The standard InChI is InChI=1S/C23H21N3O4/c1-15-22(16(2)30-26-15)14-29-21-8-4-17(5-9-21)12-18(13-24)23(27)25-19-6-10-20(28-3)11-7-19/h4-12H,14H2,1-3H3,(H,25,27)/b18-12+. The first-order valence-corrected chi connectivity index (χ1v) is 9.22. The molecule has 0 saturated carbocycles. The summed E-state index contributed by atoms with van der Waals surface area (Å²) < 4.78 is 16.0. The van der Waals surface area contributed by atoms with Crippen LogP contribution in [0.25, 0.3) is 6.08 Å². The number of aryl methyl sites for hydroxylation is 2. The zero-order chi connectivity index (χ0) is 21.5. The highest BCUT2D eigenvalue weighted by molar-refractivity contribution is 6.09. The van der Waals surface area contributed by atoms with Crippen LogP contribution in [-0.4, -0.2) is 18.2 Å². The third kappa shape index (κ3) is 5.06. The smallest absolute Gasteiger partial charge is 0.266 e. The summed E-state index contributed by atoms with van der Waals surface area (Å²) in [6, 6.07) is 15.9. The Bertz CT molecular complexity index is 1070. The van der Waals surface area contributed by atoms with Crippen molar-refractivity contribution in [3.63, 3.8) is 0 Å². The summed E-state index contributed by atoms with van der Waals surface area (Å²) in [5.41, 5.74) is 3.00. The molecule has 0 aliphatic carbocycles. The third-order valence-electron chi connectivity index (χ3n) is 4.47. The number of rotatable bonds is 7. The summed E-state index contributed by atoms with van der Waals surface area (Å²) in [6.07, 6.45) is 1.52. The molecule has 30 heavy (non-hydrogen) atoms. The van der Waals surface area contributed by atoms with Crippen molar-refractivity contribution >= 4 is 17.7 Å². The molecule has 0 radical (unpaired) electrons. The molecule has 7 nitrogen and oxygen atoms in total. The molecule has 0 bridgehead atoms. The van der Waals surface area contributed by atoms with E-state index in [9.17, 15) is 10.1 Å². The number of methoxy groups -OCH3 is 1. The topological polar surface area (TPSA) is 97.4 Å². The second kappa shape index (κ2) is 9.43. The van der Waals surface area contributed by atoms with Crippen LogP contribution in [0.15, 0.2) is 58.6 Å². The van der Waals surface area contributed by atoms with E-state index in [0.717, 1.165) is 17.0 Å². The second-order valence-corrected chi connectivity index (χ2v) is 6.51. The Morgan fingerprint density at radius 1 is 1.13 bits per heavy atom. The SMILES string of the molecule is COc1ccc(NC(=O)/C(C#N)=C/c2ccc(OCc3c(C)noc3C)cc2)cc1. The molecule has 0 aliphatic rings. The molecule has 0 spiro atoms. The lowest BCUT2D eigenvalue weighted by Gasteiger charge is -2.07. The van der Waals surface area contributed by atoms with Gasteiger partial charge in [-0.3, -0.25) is 4.79 Å². The van der Waals surface area contributed by atoms with E-state index < -0.39 is 5.91 Å². The molecule has 0 saturated heterocycles. The fourth-order valence-electron chi connectivity index (χ4n) is 2.71. The third-order valence-corrected chi connectivity index (χ3v) is 4.47. The zero-order valence-electron chi connectivity index (χ0n) is 16.9. The van der Waals surface area contributed by atoms with Crippen LogP contribution in [-0.2, 0) is 11.4 Å². The number of amides is 1. The Hall–Kier alpha value is -4.05. The first kappa shape index (κ1) is 20.7. The summed E-state index contributed by atoms with van der Waals surface area (Å²) in [4.78, 5) is 12.4. The molecular formula is C23H21N3O4. The van der Waals surface area contributed by atoms with Crippen LogP contribution in [0.4, 0.5) is 5.69 Å². The highest BCUT2D eigenvalue weighted by atomic mass is 16.5. The summed E-state index contributed by atoms with van der Waals surface area (Å²) in [5, 5.41) is 16.0. The summed E-state index contributed by atoms with van der Waals surface area (Å²) >= 11 is 0. The number of carbonyl (C=O) groups is 1. The monoisotopic (exact) mass is 403 g/mol. The van der Waals surface area contributed by atoms with Crippen LogP contribution >= 0.6 is 0 Å². The van der Waals surface area contributed by atoms with Gasteiger partial charge in [-0.05, 0) is 61.9 Å². The Morgan fingerprint density at radius 2 is 1.80 bits per heavy atom. The first-order chi connectivity index (χ1) is 14.5. The highest BCUT2D eigenvalue weighted by Gasteiger charge is 2.11. The number of carbonyl (C=O) groups excluding carboxylic acids is 1. The number of benzene rings is 2. The van der Waals surface area contributed by atoms with Crippen LogP contribution in [0.3, 0.4) is 0 Å². The average molecular weight is 403 g/mol. The molecule has 1 N–H and O–H groups in total. The van der Waals surface area contributed by atoms with E-state index >= 15 is 0 Å². The Labute approximate surface area is 174 Å². The highest BCUT2D eigenvalue weighted by Crippen LogP contribution is 2.20. The maximum absolute atomic E-state index is 12.4. The maximum Gasteiger partial charge on any atom is 0.266 e. The van der Waals surface area contributed by atoms with Crippen molar-refractivity contribution in [2.45, 2.75) is 20.5 Å². The van der Waals surface area contributed by atoms with Crippen molar-refractivity contribution in [2.75, 3.05) is 12.4 Å². The van der Waals surface area contributed by atoms with Gasteiger partial charge in [0, 0.05) is 5.69 Å². The lowest BCUT2D eigenvalue weighted by Crippen LogP contribution is -2.13. The van der Waals surface area contributed by atoms with Crippen LogP contribution in [0.2, 0.25) is 0 Å². The van der Waals surface area contributed by atoms with Gasteiger partial charge >= 0.3 is 0 Å². The van der Waals surface area contributed by atoms with Crippen molar-refractivity contribution < 1.29 is 18.8 Å². The second-order valence-electron chi connectivity index (χ2n) is 6.51. The number of hydrogen-bond acceptors (Lipinski definition) is 6. The minimum absolute atomic E-state index is 0.00444. The van der Waals surface area contributed by atoms with Gasteiger partial charge < -0.3 is 19.3 Å². The quantitative estimate of drug-likeness (QED) is 0.463. The molecular weight excluding hydrogens is 382 g/mol. The molecule has 0 unspecified atom stereocenters. The molecule has 1 amide bonds. The molecule has 3 rings (SSSR count). The largest absolute Gasteiger partial charge is 0.497 e. The average Bonchev–Trinajstić information content (AvgIpc) is 3.09. The van der Waals surface area contributed by atoms with E-state index in [1.807, 2.05) is 19.9 Å². The van der Waals surface area contributed by atoms with Crippen molar-refractivity contribution in [1.82, 2.24) is 5.16 Å². The van der Waals surface area contributed by atoms with Crippen molar-refractivity contribution in [3.8, 4) is 17.6 Å². The minimum Gasteiger partial charge on any atom is -0.497 e. The molecule has 3 aromatic rings. The van der Waals surface area contributed by atoms with E-state index in [0.29, 0.717) is 29.4 Å². The normalized spacial score (nSPS) is 10.9. The minimum atomic E-state index is -0.485. The number of ether oxygens (including phenoxy) is 2. The van der Waals surface area contributed by atoms with E-state index in [2.05, 4.69) is 10.5 Å². The molecule has 0 atom stereocenters. The molecule has 2 aromatic carbocycles. The van der Waals surface area contributed by atoms with Crippen molar-refractivity contribution in [2.24, 2.45) is 0 Å². The van der Waals surface area contributed by atoms with Gasteiger partial charge in [-0.25, -0.2) is 0 Å². The number of nitriles is 1. The Kier molecular flexibility index (Phi) is 6.50. The van der Waals surface area contributed by atoms with Gasteiger partial charge in [-0.2, -0.15) is 5.26 Å². The fourth-order valence-corrected chi connectivity index (χ4v) is 2.71. The van der Waals surface area contributed by atoms with Gasteiger partial charge in [0.05, 0.1) is 18.4 Å². The van der Waals surface area contributed by atoms with Crippen LogP contribution in [0.5, 0.6) is 11.5 Å². The van der Waals surface area contributed by atoms with Gasteiger partial charge in [-0.15, -0.1) is 0 Å². The van der Waals surface area contributed by atoms with E-state index in [-0.39, 0.29) is 5.57 Å². The van der Waals surface area contributed by atoms with Crippen molar-refractivity contribution in [1.29, 1.82) is 5.26 Å². The van der Waals surface area contributed by atoms with Gasteiger partial charge in [0.2, 0.25) is 0 Å². The molecule has 7 heteroatoms. The van der Waals surface area contributed by atoms with E-state index in [1.54, 1.807) is 55.6 Å². The Morgan fingerprint density at radius 3 is 2.37 bits per heavy atom. The van der Waals surface area contributed by atoms with Crippen LogP contribution in [0.1, 0.15) is 22.6 Å². The number of nitrogens with zero attached hydrogens (tertiary/aromatic N) is 2. The van der Waals surface area contributed by atoms with Gasteiger partial charge in [0.25, 0.3) is 5.91 Å². The predicted molar refractivity (Wildman–Crippen MR) is 112 cm³/mol. The summed E-state index contributed by atoms with van der Waals surface area (Å²) in [5.74, 6) is 1.59. The molecule has 1 aromatic heterocycles. The van der Waals surface area contributed by atoms with E-state index in [1.165, 1.54) is 6.08 Å². The van der Waals surface area contributed by atoms with Gasteiger partial charge in [0.1, 0.15) is 35.5 Å². The van der Waals surface area contributed by atoms with E-state index in [4.69, 9.17) is 14.0 Å². The fraction of sp³-hybridized carbons (Fsp3) is 0.174. The van der Waals surface area contributed by atoms with Crippen LogP contribution < -0.4 is 14.8 Å². The Balaban J connectivity index is 1.65. The number of nitrogens with one attached hydrogen (secondary N) is 1. The zero-order valence-corrected chi connectivity index (χ0v) is 16.9. The predicted octanol–water partition coefficient (Wildman–Crippen LogP) is 4.42. The maximum atomic E-state index is 12.4. The molecule has 0 aliphatic heterocycles. The summed E-state index contributed by atoms with van der Waals surface area (Å²) in [6.45, 7) is 4.06. The lowest BCUT2D eigenvalue weighted by molar-refractivity contribution is -0.112. The first-order valence-electron chi connectivity index (χ1n) is 9.22. The van der Waals surface area contributed by atoms with Crippen molar-refractivity contribution in [3.05, 3.63) is 76.7 Å².